The van der Waals surface area contributed by atoms with Gasteiger partial charge in [-0.1, -0.05) is 20.3 Å². The van der Waals surface area contributed by atoms with E-state index in [0.29, 0.717) is 13.0 Å². The summed E-state index contributed by atoms with van der Waals surface area (Å²) >= 11 is 0. The van der Waals surface area contributed by atoms with Gasteiger partial charge in [0.1, 0.15) is 6.04 Å². The van der Waals surface area contributed by atoms with Gasteiger partial charge < -0.3 is 16.4 Å². The number of nitrogens with zero attached hydrogens (tertiary/aromatic N) is 1. The van der Waals surface area contributed by atoms with Gasteiger partial charge in [0.25, 0.3) is 0 Å². The van der Waals surface area contributed by atoms with Crippen LogP contribution in [0.3, 0.4) is 0 Å². The van der Waals surface area contributed by atoms with Crippen LogP contribution in [0.2, 0.25) is 0 Å². The van der Waals surface area contributed by atoms with Crippen molar-refractivity contribution in [3.8, 4) is 0 Å². The first-order valence-corrected chi connectivity index (χ1v) is 5.84. The van der Waals surface area contributed by atoms with Crippen molar-refractivity contribution in [2.45, 2.75) is 45.2 Å². The summed E-state index contributed by atoms with van der Waals surface area (Å²) in [5, 5.41) is 0. The second-order valence-corrected chi connectivity index (χ2v) is 4.50. The summed E-state index contributed by atoms with van der Waals surface area (Å²) in [5.74, 6) is -0.445. The second kappa shape index (κ2) is 5.30. The zero-order chi connectivity index (χ0) is 12.3. The van der Waals surface area contributed by atoms with Crippen LogP contribution in [0.25, 0.3) is 0 Å². The van der Waals surface area contributed by atoms with Gasteiger partial charge in [-0.15, -0.1) is 0 Å². The quantitative estimate of drug-likeness (QED) is 0.699. The van der Waals surface area contributed by atoms with Gasteiger partial charge >= 0.3 is 0 Å². The molecule has 0 bridgehead atoms. The van der Waals surface area contributed by atoms with Crippen molar-refractivity contribution >= 4 is 11.8 Å². The van der Waals surface area contributed by atoms with Gasteiger partial charge in [0.05, 0.1) is 6.04 Å². The molecule has 3 atom stereocenters. The number of primary amides is 1. The molecule has 0 unspecified atom stereocenters. The lowest BCUT2D eigenvalue weighted by Crippen LogP contribution is -2.52. The Balaban J connectivity index is 2.69. The minimum absolute atomic E-state index is 0.127. The topological polar surface area (TPSA) is 89.4 Å². The molecular weight excluding hydrogens is 206 g/mol. The van der Waals surface area contributed by atoms with Gasteiger partial charge in [0.15, 0.2) is 0 Å². The van der Waals surface area contributed by atoms with E-state index in [2.05, 4.69) is 0 Å². The number of amides is 2. The highest BCUT2D eigenvalue weighted by atomic mass is 16.2. The zero-order valence-corrected chi connectivity index (χ0v) is 9.98. The Morgan fingerprint density at radius 3 is 2.62 bits per heavy atom. The highest BCUT2D eigenvalue weighted by molar-refractivity contribution is 5.89. The van der Waals surface area contributed by atoms with Gasteiger partial charge in [-0.25, -0.2) is 0 Å². The van der Waals surface area contributed by atoms with E-state index in [4.69, 9.17) is 11.5 Å². The van der Waals surface area contributed by atoms with Crippen LogP contribution in [0.4, 0.5) is 0 Å². The summed E-state index contributed by atoms with van der Waals surface area (Å²) in [7, 11) is 0. The number of carbonyl (C=O) groups excluding carboxylic acids is 2. The summed E-state index contributed by atoms with van der Waals surface area (Å²) in [6, 6.07) is -0.979. The van der Waals surface area contributed by atoms with E-state index < -0.39 is 18.0 Å². The molecule has 2 amide bonds. The lowest BCUT2D eigenvalue weighted by Gasteiger charge is -2.27. The Morgan fingerprint density at radius 2 is 2.12 bits per heavy atom. The minimum atomic E-state index is -0.523. The molecule has 1 heterocycles. The molecule has 5 nitrogen and oxygen atoms in total. The molecule has 1 rings (SSSR count). The van der Waals surface area contributed by atoms with Crippen LogP contribution < -0.4 is 11.5 Å². The van der Waals surface area contributed by atoms with Crippen LogP contribution in [0.15, 0.2) is 0 Å². The third-order valence-corrected chi connectivity index (χ3v) is 3.41. The van der Waals surface area contributed by atoms with E-state index in [1.807, 2.05) is 13.8 Å². The second-order valence-electron chi connectivity index (χ2n) is 4.50. The lowest BCUT2D eigenvalue weighted by molar-refractivity contribution is -0.139. The molecular formula is C11H21N3O2. The van der Waals surface area contributed by atoms with Crippen molar-refractivity contribution < 1.29 is 9.59 Å². The predicted molar refractivity (Wildman–Crippen MR) is 61.4 cm³/mol. The average molecular weight is 227 g/mol. The van der Waals surface area contributed by atoms with E-state index in [1.165, 1.54) is 0 Å². The van der Waals surface area contributed by atoms with Crippen LogP contribution in [0, 0.1) is 5.92 Å². The van der Waals surface area contributed by atoms with Crippen molar-refractivity contribution in [1.29, 1.82) is 0 Å². The molecule has 0 saturated carbocycles. The molecule has 1 saturated heterocycles. The largest absolute Gasteiger partial charge is 0.368 e. The molecule has 0 radical (unpaired) electrons. The molecule has 1 aliphatic rings. The number of carbonyl (C=O) groups is 2. The molecule has 1 aliphatic heterocycles. The molecule has 0 aromatic rings. The normalized spacial score (nSPS) is 24.2. The molecule has 0 aliphatic carbocycles. The maximum absolute atomic E-state index is 12.1. The third kappa shape index (κ3) is 2.52. The Labute approximate surface area is 96.1 Å². The van der Waals surface area contributed by atoms with E-state index in [-0.39, 0.29) is 11.8 Å². The molecule has 0 aromatic heterocycles. The molecule has 16 heavy (non-hydrogen) atoms. The fourth-order valence-corrected chi connectivity index (χ4v) is 2.02. The van der Waals surface area contributed by atoms with Crippen LogP contribution in [-0.2, 0) is 9.59 Å². The van der Waals surface area contributed by atoms with Crippen LogP contribution in [0.5, 0.6) is 0 Å². The van der Waals surface area contributed by atoms with Gasteiger partial charge in [-0.2, -0.15) is 0 Å². The highest BCUT2D eigenvalue weighted by Gasteiger charge is 2.35. The average Bonchev–Trinajstić information content (AvgIpc) is 2.74. The maximum atomic E-state index is 12.1. The Morgan fingerprint density at radius 1 is 1.50 bits per heavy atom. The summed E-state index contributed by atoms with van der Waals surface area (Å²) in [6.07, 6.45) is 2.34. The molecule has 0 aromatic carbocycles. The van der Waals surface area contributed by atoms with Crippen molar-refractivity contribution in [3.05, 3.63) is 0 Å². The van der Waals surface area contributed by atoms with Crippen molar-refractivity contribution in [1.82, 2.24) is 4.90 Å². The van der Waals surface area contributed by atoms with Crippen LogP contribution >= 0.6 is 0 Å². The number of likely N-dealkylation sites (tertiary alicyclic amines) is 1. The molecule has 92 valence electrons. The van der Waals surface area contributed by atoms with Gasteiger partial charge in [-0.05, 0) is 18.8 Å². The first kappa shape index (κ1) is 13.0. The zero-order valence-electron chi connectivity index (χ0n) is 9.98. The molecule has 5 heteroatoms. The summed E-state index contributed by atoms with van der Waals surface area (Å²) in [5.41, 5.74) is 11.1. The Kier molecular flexibility index (Phi) is 4.29. The summed E-state index contributed by atoms with van der Waals surface area (Å²) in [6.45, 7) is 4.53. The third-order valence-electron chi connectivity index (χ3n) is 3.41. The minimum Gasteiger partial charge on any atom is -0.368 e. The van der Waals surface area contributed by atoms with Crippen LogP contribution in [0.1, 0.15) is 33.1 Å². The lowest BCUT2D eigenvalue weighted by atomic mass is 9.98. The van der Waals surface area contributed by atoms with Crippen molar-refractivity contribution in [2.24, 2.45) is 17.4 Å². The van der Waals surface area contributed by atoms with Crippen molar-refractivity contribution in [2.75, 3.05) is 6.54 Å². The van der Waals surface area contributed by atoms with Crippen molar-refractivity contribution in [3.63, 3.8) is 0 Å². The molecule has 1 fully saturated rings. The number of hydrogen-bond acceptors (Lipinski definition) is 3. The fourth-order valence-electron chi connectivity index (χ4n) is 2.02. The van der Waals surface area contributed by atoms with Gasteiger partial charge in [0.2, 0.25) is 11.8 Å². The van der Waals surface area contributed by atoms with E-state index in [9.17, 15) is 9.59 Å². The Hall–Kier alpha value is -1.10. The van der Waals surface area contributed by atoms with E-state index >= 15 is 0 Å². The number of hydrogen-bond donors (Lipinski definition) is 2. The first-order valence-electron chi connectivity index (χ1n) is 5.84. The van der Waals surface area contributed by atoms with E-state index in [0.717, 1.165) is 12.8 Å². The standard InChI is InChI=1S/C11H21N3O2/c1-3-7(2)9(12)11(16)14-6-4-5-8(14)10(13)15/h7-9H,3-6,12H2,1-2H3,(H2,13,15)/t7-,8-,9-/m0/s1. The summed E-state index contributed by atoms with van der Waals surface area (Å²) in [4.78, 5) is 24.8. The Bertz CT molecular complexity index is 280. The highest BCUT2D eigenvalue weighted by Crippen LogP contribution is 2.19. The molecule has 4 N–H and O–H groups in total. The van der Waals surface area contributed by atoms with E-state index in [1.54, 1.807) is 4.90 Å². The monoisotopic (exact) mass is 227 g/mol. The maximum Gasteiger partial charge on any atom is 0.240 e. The predicted octanol–water partition coefficient (Wildman–Crippen LogP) is -0.164. The first-order chi connectivity index (χ1) is 7.49. The summed E-state index contributed by atoms with van der Waals surface area (Å²) < 4.78 is 0. The SMILES string of the molecule is CC[C@H](C)[C@H](N)C(=O)N1CCC[C@H]1C(N)=O. The van der Waals surface area contributed by atoms with Crippen LogP contribution in [-0.4, -0.2) is 35.3 Å². The van der Waals surface area contributed by atoms with Gasteiger partial charge in [0, 0.05) is 6.54 Å². The fraction of sp³-hybridized carbons (Fsp3) is 0.818. The molecule has 0 spiro atoms. The number of nitrogens with two attached hydrogens (primary N) is 2. The smallest absolute Gasteiger partial charge is 0.240 e. The van der Waals surface area contributed by atoms with Gasteiger partial charge in [-0.3, -0.25) is 9.59 Å². The number of rotatable bonds is 4.